The first-order valence-electron chi connectivity index (χ1n) is 4.28. The lowest BCUT2D eigenvalue weighted by Crippen LogP contribution is -2.12. The summed E-state index contributed by atoms with van der Waals surface area (Å²) in [5.41, 5.74) is 4.19. The zero-order valence-corrected chi connectivity index (χ0v) is 11.0. The second kappa shape index (κ2) is 5.84. The molecule has 0 radical (unpaired) electrons. The zero-order chi connectivity index (χ0) is 12.3. The van der Waals surface area contributed by atoms with Gasteiger partial charge in [-0.25, -0.2) is 0 Å². The highest BCUT2D eigenvalue weighted by Gasteiger charge is 2.22. The Kier molecular flexibility index (Phi) is 5.01. The standard InChI is InChI=1S/C9H11Cl2NO3S/c1-14-7(10)5-3-4(9(12)13)6(16-5)8(11)15-2/h3,7-8H,1-2H3,(H2,12,13). The SMILES string of the molecule is COC(Cl)c1cc(C(N)=O)c(C(Cl)OC)s1. The molecule has 0 fully saturated rings. The maximum atomic E-state index is 11.2. The van der Waals surface area contributed by atoms with Crippen molar-refractivity contribution in [2.45, 2.75) is 11.1 Å². The Labute approximate surface area is 107 Å². The van der Waals surface area contributed by atoms with Gasteiger partial charge in [-0.05, 0) is 6.07 Å². The van der Waals surface area contributed by atoms with E-state index < -0.39 is 17.0 Å². The van der Waals surface area contributed by atoms with Crippen molar-refractivity contribution in [1.29, 1.82) is 0 Å². The number of methoxy groups -OCH3 is 2. The third kappa shape index (κ3) is 2.87. The lowest BCUT2D eigenvalue weighted by atomic mass is 10.2. The number of carbonyl (C=O) groups excluding carboxylic acids is 1. The van der Waals surface area contributed by atoms with Gasteiger partial charge in [-0.3, -0.25) is 4.79 Å². The van der Waals surface area contributed by atoms with E-state index in [9.17, 15) is 4.79 Å². The van der Waals surface area contributed by atoms with Gasteiger partial charge in [0.15, 0.2) is 11.1 Å². The third-order valence-corrected chi connectivity index (χ3v) is 4.18. The van der Waals surface area contributed by atoms with E-state index >= 15 is 0 Å². The van der Waals surface area contributed by atoms with Crippen molar-refractivity contribution in [1.82, 2.24) is 0 Å². The van der Waals surface area contributed by atoms with Crippen LogP contribution in [-0.4, -0.2) is 20.1 Å². The molecule has 90 valence electrons. The molecule has 1 rings (SSSR count). The van der Waals surface area contributed by atoms with E-state index in [-0.39, 0.29) is 0 Å². The Bertz CT molecular complexity index is 383. The van der Waals surface area contributed by atoms with Crippen LogP contribution in [0.4, 0.5) is 0 Å². The molecule has 16 heavy (non-hydrogen) atoms. The number of halogens is 2. The maximum absolute atomic E-state index is 11.2. The lowest BCUT2D eigenvalue weighted by Gasteiger charge is -2.06. The number of hydrogen-bond donors (Lipinski definition) is 1. The Morgan fingerprint density at radius 2 is 1.94 bits per heavy atom. The number of rotatable bonds is 5. The summed E-state index contributed by atoms with van der Waals surface area (Å²) < 4.78 is 9.88. The fourth-order valence-corrected chi connectivity index (χ4v) is 2.65. The normalized spacial score (nSPS) is 14.8. The highest BCUT2D eigenvalue weighted by molar-refractivity contribution is 7.13. The van der Waals surface area contributed by atoms with E-state index in [1.54, 1.807) is 6.07 Å². The fourth-order valence-electron chi connectivity index (χ4n) is 1.12. The van der Waals surface area contributed by atoms with E-state index in [1.807, 2.05) is 0 Å². The van der Waals surface area contributed by atoms with E-state index in [4.69, 9.17) is 38.4 Å². The van der Waals surface area contributed by atoms with Gasteiger partial charge in [-0.1, -0.05) is 23.2 Å². The summed E-state index contributed by atoms with van der Waals surface area (Å²) in [6.45, 7) is 0. The van der Waals surface area contributed by atoms with Crippen LogP contribution in [0.2, 0.25) is 0 Å². The minimum absolute atomic E-state index is 0.310. The molecule has 2 unspecified atom stereocenters. The molecular weight excluding hydrogens is 273 g/mol. The van der Waals surface area contributed by atoms with Crippen molar-refractivity contribution in [3.8, 4) is 0 Å². The number of hydrogen-bond acceptors (Lipinski definition) is 4. The average molecular weight is 284 g/mol. The van der Waals surface area contributed by atoms with Crippen LogP contribution in [0.1, 0.15) is 31.2 Å². The van der Waals surface area contributed by atoms with Gasteiger partial charge < -0.3 is 15.2 Å². The molecule has 0 aliphatic rings. The molecule has 0 saturated heterocycles. The topological polar surface area (TPSA) is 61.5 Å². The third-order valence-electron chi connectivity index (χ3n) is 1.89. The van der Waals surface area contributed by atoms with Gasteiger partial charge in [-0.2, -0.15) is 0 Å². The second-order valence-corrected chi connectivity index (χ2v) is 4.80. The molecule has 1 aromatic rings. The molecule has 2 atom stereocenters. The van der Waals surface area contributed by atoms with Crippen molar-refractivity contribution in [2.75, 3.05) is 14.2 Å². The van der Waals surface area contributed by atoms with Gasteiger partial charge in [0, 0.05) is 19.1 Å². The summed E-state index contributed by atoms with van der Waals surface area (Å²) in [5, 5.41) is 0. The Balaban J connectivity index is 3.14. The molecule has 0 saturated carbocycles. The summed E-state index contributed by atoms with van der Waals surface area (Å²) in [7, 11) is 2.91. The predicted octanol–water partition coefficient (Wildman–Crippen LogP) is 2.61. The molecule has 1 aromatic heterocycles. The minimum Gasteiger partial charge on any atom is -0.366 e. The van der Waals surface area contributed by atoms with Crippen LogP contribution >= 0.6 is 34.5 Å². The number of ether oxygens (including phenoxy) is 2. The van der Waals surface area contributed by atoms with Crippen LogP contribution in [-0.2, 0) is 9.47 Å². The van der Waals surface area contributed by atoms with Gasteiger partial charge in [0.2, 0.25) is 5.91 Å². The Hall–Kier alpha value is -0.330. The Morgan fingerprint density at radius 1 is 1.38 bits per heavy atom. The van der Waals surface area contributed by atoms with Crippen LogP contribution in [0, 0.1) is 0 Å². The van der Waals surface area contributed by atoms with Crippen LogP contribution in [0.15, 0.2) is 6.07 Å². The number of carbonyl (C=O) groups is 1. The predicted molar refractivity (Wildman–Crippen MR) is 64.0 cm³/mol. The Morgan fingerprint density at radius 3 is 2.38 bits per heavy atom. The number of primary amides is 1. The van der Waals surface area contributed by atoms with Crippen molar-refractivity contribution in [3.63, 3.8) is 0 Å². The maximum Gasteiger partial charge on any atom is 0.249 e. The van der Waals surface area contributed by atoms with E-state index in [0.717, 1.165) is 0 Å². The number of nitrogens with two attached hydrogens (primary N) is 1. The van der Waals surface area contributed by atoms with Crippen LogP contribution in [0.5, 0.6) is 0 Å². The first-order valence-corrected chi connectivity index (χ1v) is 5.97. The number of amides is 1. The summed E-state index contributed by atoms with van der Waals surface area (Å²) in [6, 6.07) is 1.57. The van der Waals surface area contributed by atoms with Gasteiger partial charge in [0.05, 0.1) is 10.4 Å². The number of thiophene rings is 1. The molecular formula is C9H11Cl2NO3S. The molecule has 0 aliphatic heterocycles. The fraction of sp³-hybridized carbons (Fsp3) is 0.444. The zero-order valence-electron chi connectivity index (χ0n) is 8.70. The smallest absolute Gasteiger partial charge is 0.249 e. The molecule has 0 aromatic carbocycles. The lowest BCUT2D eigenvalue weighted by molar-refractivity contribution is 0.0995. The summed E-state index contributed by atoms with van der Waals surface area (Å²) in [5.74, 6) is -0.569. The molecule has 0 bridgehead atoms. The monoisotopic (exact) mass is 283 g/mol. The van der Waals surface area contributed by atoms with Crippen LogP contribution in [0.3, 0.4) is 0 Å². The molecule has 1 heterocycles. The van der Waals surface area contributed by atoms with Gasteiger partial charge in [0.25, 0.3) is 0 Å². The highest BCUT2D eigenvalue weighted by atomic mass is 35.5. The van der Waals surface area contributed by atoms with Crippen molar-refractivity contribution >= 4 is 40.4 Å². The molecule has 4 nitrogen and oxygen atoms in total. The van der Waals surface area contributed by atoms with Crippen molar-refractivity contribution in [3.05, 3.63) is 21.4 Å². The molecule has 7 heteroatoms. The molecule has 1 amide bonds. The summed E-state index contributed by atoms with van der Waals surface area (Å²) in [4.78, 5) is 12.4. The first-order chi connectivity index (χ1) is 7.51. The molecule has 0 aliphatic carbocycles. The van der Waals surface area contributed by atoms with E-state index in [0.29, 0.717) is 15.3 Å². The van der Waals surface area contributed by atoms with Gasteiger partial charge in [0.1, 0.15) is 0 Å². The summed E-state index contributed by atoms with van der Waals surface area (Å²) in [6.07, 6.45) is 0. The van der Waals surface area contributed by atoms with Gasteiger partial charge >= 0.3 is 0 Å². The summed E-state index contributed by atoms with van der Waals surface area (Å²) >= 11 is 13.0. The average Bonchev–Trinajstić information content (AvgIpc) is 2.71. The molecule has 0 spiro atoms. The van der Waals surface area contributed by atoms with E-state index in [1.165, 1.54) is 25.6 Å². The minimum atomic E-state index is -0.720. The van der Waals surface area contributed by atoms with Crippen molar-refractivity contribution < 1.29 is 14.3 Å². The largest absolute Gasteiger partial charge is 0.366 e. The quantitative estimate of drug-likeness (QED) is 0.845. The highest BCUT2D eigenvalue weighted by Crippen LogP contribution is 2.37. The van der Waals surface area contributed by atoms with Gasteiger partial charge in [-0.15, -0.1) is 11.3 Å². The second-order valence-electron chi connectivity index (χ2n) is 2.89. The van der Waals surface area contributed by atoms with Crippen LogP contribution < -0.4 is 5.73 Å². The van der Waals surface area contributed by atoms with Crippen molar-refractivity contribution in [2.24, 2.45) is 5.73 Å². The molecule has 2 N–H and O–H groups in total. The first kappa shape index (κ1) is 13.7. The van der Waals surface area contributed by atoms with Crippen LogP contribution in [0.25, 0.3) is 0 Å². The number of alkyl halides is 2. The van der Waals surface area contributed by atoms with E-state index in [2.05, 4.69) is 0 Å².